The van der Waals surface area contributed by atoms with Gasteiger partial charge in [-0.1, -0.05) is 37.6 Å². The van der Waals surface area contributed by atoms with E-state index in [2.05, 4.69) is 29.1 Å². The average Bonchev–Trinajstić information content (AvgIpc) is 2.96. The molecule has 0 saturated carbocycles. The second kappa shape index (κ2) is 6.49. The minimum atomic E-state index is -0.463. The van der Waals surface area contributed by atoms with Gasteiger partial charge in [0.05, 0.1) is 32.7 Å². The standard InChI is InChI=1S/C17H17ClN4O2/c1-10(2)16(17-20-14-5-3-4-6-15(14)21-17)19-13-8-7-11(22(23)24)9-12(13)18/h3-10,16,19H,1-2H3,(H,20,21)/t16-/m0/s1. The third-order valence-electron chi connectivity index (χ3n) is 3.84. The first-order valence-corrected chi connectivity index (χ1v) is 7.98. The molecule has 0 unspecified atom stereocenters. The van der Waals surface area contributed by atoms with Crippen LogP contribution in [0.15, 0.2) is 42.5 Å². The first-order chi connectivity index (χ1) is 11.5. The topological polar surface area (TPSA) is 83.8 Å². The van der Waals surface area contributed by atoms with Crippen LogP contribution in [0.2, 0.25) is 5.02 Å². The van der Waals surface area contributed by atoms with E-state index in [0.29, 0.717) is 10.7 Å². The second-order valence-electron chi connectivity index (χ2n) is 5.93. The minimum Gasteiger partial charge on any atom is -0.374 e. The number of non-ortho nitro benzene ring substituents is 1. The maximum absolute atomic E-state index is 10.8. The van der Waals surface area contributed by atoms with E-state index in [1.165, 1.54) is 12.1 Å². The molecule has 2 N–H and O–H groups in total. The van der Waals surface area contributed by atoms with Gasteiger partial charge in [-0.05, 0) is 24.1 Å². The molecule has 6 nitrogen and oxygen atoms in total. The summed E-state index contributed by atoms with van der Waals surface area (Å²) in [4.78, 5) is 18.3. The van der Waals surface area contributed by atoms with Crippen molar-refractivity contribution in [2.45, 2.75) is 19.9 Å². The zero-order valence-electron chi connectivity index (χ0n) is 13.3. The van der Waals surface area contributed by atoms with Gasteiger partial charge in [-0.2, -0.15) is 0 Å². The van der Waals surface area contributed by atoms with E-state index in [0.717, 1.165) is 16.9 Å². The molecule has 0 saturated heterocycles. The molecule has 7 heteroatoms. The lowest BCUT2D eigenvalue weighted by Gasteiger charge is -2.22. The van der Waals surface area contributed by atoms with Crippen LogP contribution in [0.1, 0.15) is 25.7 Å². The monoisotopic (exact) mass is 344 g/mol. The van der Waals surface area contributed by atoms with Crippen molar-refractivity contribution in [1.82, 2.24) is 9.97 Å². The fourth-order valence-corrected chi connectivity index (χ4v) is 2.80. The highest BCUT2D eigenvalue weighted by molar-refractivity contribution is 6.33. The molecule has 1 aromatic heterocycles. The Balaban J connectivity index is 1.93. The Morgan fingerprint density at radius 3 is 2.62 bits per heavy atom. The van der Waals surface area contributed by atoms with E-state index in [9.17, 15) is 10.1 Å². The van der Waals surface area contributed by atoms with Crippen LogP contribution in [0, 0.1) is 16.0 Å². The van der Waals surface area contributed by atoms with Gasteiger partial charge in [-0.15, -0.1) is 0 Å². The molecule has 0 bridgehead atoms. The van der Waals surface area contributed by atoms with E-state index in [1.807, 2.05) is 24.3 Å². The Labute approximate surface area is 144 Å². The van der Waals surface area contributed by atoms with Crippen molar-refractivity contribution >= 4 is 34.0 Å². The number of para-hydroxylation sites is 2. The summed E-state index contributed by atoms with van der Waals surface area (Å²) < 4.78 is 0. The van der Waals surface area contributed by atoms with Crippen LogP contribution in [-0.4, -0.2) is 14.9 Å². The Kier molecular flexibility index (Phi) is 4.40. The normalized spacial score (nSPS) is 12.5. The van der Waals surface area contributed by atoms with Gasteiger partial charge in [0.15, 0.2) is 0 Å². The van der Waals surface area contributed by atoms with Gasteiger partial charge in [0, 0.05) is 12.1 Å². The molecule has 0 amide bonds. The lowest BCUT2D eigenvalue weighted by atomic mass is 10.0. The Hall–Kier alpha value is -2.60. The van der Waals surface area contributed by atoms with E-state index >= 15 is 0 Å². The number of hydrogen-bond donors (Lipinski definition) is 2. The number of H-pyrrole nitrogens is 1. The largest absolute Gasteiger partial charge is 0.374 e. The van der Waals surface area contributed by atoms with Crippen LogP contribution >= 0.6 is 11.6 Å². The number of nitro groups is 1. The number of nitrogens with one attached hydrogen (secondary N) is 2. The average molecular weight is 345 g/mol. The van der Waals surface area contributed by atoms with Crippen molar-refractivity contribution in [3.05, 3.63) is 63.4 Å². The summed E-state index contributed by atoms with van der Waals surface area (Å²) in [7, 11) is 0. The molecule has 0 fully saturated rings. The van der Waals surface area contributed by atoms with Crippen LogP contribution in [0.3, 0.4) is 0 Å². The quantitative estimate of drug-likeness (QED) is 0.507. The summed E-state index contributed by atoms with van der Waals surface area (Å²) in [5.74, 6) is 1.04. The van der Waals surface area contributed by atoms with E-state index in [-0.39, 0.29) is 17.6 Å². The fourth-order valence-electron chi connectivity index (χ4n) is 2.57. The number of aromatic nitrogens is 2. The number of nitrogens with zero attached hydrogens (tertiary/aromatic N) is 2. The zero-order chi connectivity index (χ0) is 17.3. The van der Waals surface area contributed by atoms with Gasteiger partial charge in [0.1, 0.15) is 5.82 Å². The number of nitro benzene ring substituents is 1. The highest BCUT2D eigenvalue weighted by Gasteiger charge is 2.21. The predicted octanol–water partition coefficient (Wildman–Crippen LogP) is 4.93. The summed E-state index contributed by atoms with van der Waals surface area (Å²) in [6, 6.07) is 12.1. The second-order valence-corrected chi connectivity index (χ2v) is 6.33. The summed E-state index contributed by atoms with van der Waals surface area (Å²) >= 11 is 6.19. The molecule has 1 heterocycles. The van der Waals surface area contributed by atoms with E-state index < -0.39 is 4.92 Å². The maximum atomic E-state index is 10.8. The summed E-state index contributed by atoms with van der Waals surface area (Å²) in [6.07, 6.45) is 0. The Bertz CT molecular complexity index is 858. The number of halogens is 1. The van der Waals surface area contributed by atoms with Crippen molar-refractivity contribution in [3.8, 4) is 0 Å². The molecule has 2 aromatic carbocycles. The van der Waals surface area contributed by atoms with Gasteiger partial charge in [0.25, 0.3) is 5.69 Å². The van der Waals surface area contributed by atoms with Crippen LogP contribution < -0.4 is 5.32 Å². The molecule has 124 valence electrons. The highest BCUT2D eigenvalue weighted by Crippen LogP contribution is 2.32. The Morgan fingerprint density at radius 1 is 1.25 bits per heavy atom. The number of benzene rings is 2. The van der Waals surface area contributed by atoms with Crippen LogP contribution in [0.4, 0.5) is 11.4 Å². The van der Waals surface area contributed by atoms with Crippen molar-refractivity contribution in [3.63, 3.8) is 0 Å². The lowest BCUT2D eigenvalue weighted by molar-refractivity contribution is -0.384. The van der Waals surface area contributed by atoms with E-state index in [4.69, 9.17) is 11.6 Å². The van der Waals surface area contributed by atoms with Gasteiger partial charge in [-0.25, -0.2) is 4.98 Å². The predicted molar refractivity (Wildman–Crippen MR) is 95.4 cm³/mol. The molecule has 0 aliphatic rings. The van der Waals surface area contributed by atoms with Crippen LogP contribution in [0.5, 0.6) is 0 Å². The number of hydrogen-bond acceptors (Lipinski definition) is 4. The molecule has 24 heavy (non-hydrogen) atoms. The summed E-state index contributed by atoms with van der Waals surface area (Å²) in [6.45, 7) is 4.15. The smallest absolute Gasteiger partial charge is 0.271 e. The number of aromatic amines is 1. The van der Waals surface area contributed by atoms with Crippen molar-refractivity contribution in [2.24, 2.45) is 5.92 Å². The first-order valence-electron chi connectivity index (χ1n) is 7.61. The minimum absolute atomic E-state index is 0.0321. The molecule has 0 spiro atoms. The van der Waals surface area contributed by atoms with Crippen molar-refractivity contribution in [1.29, 1.82) is 0 Å². The summed E-state index contributed by atoms with van der Waals surface area (Å²) in [5.41, 5.74) is 2.47. The van der Waals surface area contributed by atoms with Gasteiger partial charge >= 0.3 is 0 Å². The molecule has 0 aliphatic heterocycles. The van der Waals surface area contributed by atoms with Crippen molar-refractivity contribution < 1.29 is 4.92 Å². The third-order valence-corrected chi connectivity index (χ3v) is 4.16. The van der Waals surface area contributed by atoms with Crippen molar-refractivity contribution in [2.75, 3.05) is 5.32 Å². The molecular formula is C17H17ClN4O2. The number of fused-ring (bicyclic) bond motifs is 1. The third kappa shape index (κ3) is 3.19. The zero-order valence-corrected chi connectivity index (χ0v) is 14.0. The van der Waals surface area contributed by atoms with Crippen LogP contribution in [-0.2, 0) is 0 Å². The molecular weight excluding hydrogens is 328 g/mol. The summed E-state index contributed by atoms with van der Waals surface area (Å²) in [5, 5.41) is 14.5. The molecule has 3 aromatic rings. The Morgan fingerprint density at radius 2 is 2.00 bits per heavy atom. The number of anilines is 1. The SMILES string of the molecule is CC(C)[C@H](Nc1ccc([N+](=O)[O-])cc1Cl)c1nc2ccccc2[nH]1. The highest BCUT2D eigenvalue weighted by atomic mass is 35.5. The first kappa shape index (κ1) is 16.3. The number of rotatable bonds is 5. The van der Waals surface area contributed by atoms with Crippen LogP contribution in [0.25, 0.3) is 11.0 Å². The van der Waals surface area contributed by atoms with Gasteiger partial charge < -0.3 is 10.3 Å². The maximum Gasteiger partial charge on any atom is 0.271 e. The van der Waals surface area contributed by atoms with Gasteiger partial charge in [-0.3, -0.25) is 10.1 Å². The molecule has 0 aliphatic carbocycles. The number of imidazole rings is 1. The fraction of sp³-hybridized carbons (Fsp3) is 0.235. The lowest BCUT2D eigenvalue weighted by Crippen LogP contribution is -2.18. The van der Waals surface area contributed by atoms with Gasteiger partial charge in [0.2, 0.25) is 0 Å². The molecule has 1 atom stereocenters. The van der Waals surface area contributed by atoms with E-state index in [1.54, 1.807) is 6.07 Å². The molecule has 3 rings (SSSR count). The molecule has 0 radical (unpaired) electrons.